The van der Waals surface area contributed by atoms with Crippen molar-refractivity contribution in [1.29, 1.82) is 5.41 Å². The zero-order chi connectivity index (χ0) is 28.0. The van der Waals surface area contributed by atoms with Gasteiger partial charge in [0.25, 0.3) is 16.0 Å². The van der Waals surface area contributed by atoms with Gasteiger partial charge < -0.3 is 20.9 Å². The Hall–Kier alpha value is -4.43. The van der Waals surface area contributed by atoms with E-state index in [2.05, 4.69) is 10.1 Å². The molecular weight excluding hydrogens is 519 g/mol. The fraction of sp³-hybridized carbons (Fsp3) is 0.0870. The molecule has 0 aliphatic rings. The van der Waals surface area contributed by atoms with E-state index in [4.69, 9.17) is 15.7 Å². The molecule has 0 aliphatic carbocycles. The van der Waals surface area contributed by atoms with Crippen LogP contribution in [0.1, 0.15) is 26.3 Å². The monoisotopic (exact) mass is 539 g/mol. The number of ether oxygens (including phenoxy) is 1. The lowest BCUT2D eigenvalue weighted by Crippen LogP contribution is -2.17. The molecule has 0 atom stereocenters. The number of carbonyl (C=O) groups is 2. The topological polar surface area (TPSA) is 180 Å². The van der Waals surface area contributed by atoms with Crippen molar-refractivity contribution in [3.05, 3.63) is 83.4 Å². The molecule has 3 aromatic rings. The van der Waals surface area contributed by atoms with E-state index < -0.39 is 39.7 Å². The molecule has 3 aromatic carbocycles. The minimum Gasteiger partial charge on any atom is -0.478 e. The van der Waals surface area contributed by atoms with Crippen LogP contribution in [0.25, 0.3) is 11.1 Å². The molecule has 14 heteroatoms. The Kier molecular flexibility index (Phi) is 8.98. The van der Waals surface area contributed by atoms with Crippen LogP contribution in [0.4, 0.5) is 18.9 Å². The van der Waals surface area contributed by atoms with Crippen molar-refractivity contribution in [1.82, 2.24) is 0 Å². The number of nitrogen functional groups attached to an aromatic ring is 1. The van der Waals surface area contributed by atoms with Gasteiger partial charge in [0.05, 0.1) is 11.8 Å². The molecule has 6 N–H and O–H groups in total. The minimum atomic E-state index is -4.98. The molecule has 0 spiro atoms. The Morgan fingerprint density at radius 2 is 1.51 bits per heavy atom. The second-order valence-electron chi connectivity index (χ2n) is 7.28. The van der Waals surface area contributed by atoms with Crippen molar-refractivity contribution >= 4 is 33.5 Å². The molecule has 0 heterocycles. The number of halogens is 3. The first kappa shape index (κ1) is 28.8. The Balaban J connectivity index is 0.000000877. The van der Waals surface area contributed by atoms with Crippen molar-refractivity contribution in [2.75, 3.05) is 11.6 Å². The van der Waals surface area contributed by atoms with E-state index in [-0.39, 0.29) is 22.5 Å². The van der Waals surface area contributed by atoms with Crippen LogP contribution in [0.2, 0.25) is 0 Å². The van der Waals surface area contributed by atoms with Gasteiger partial charge in [-0.1, -0.05) is 18.2 Å². The number of anilines is 1. The normalized spacial score (nSPS) is 11.1. The van der Waals surface area contributed by atoms with E-state index in [9.17, 15) is 36.3 Å². The number of carbonyl (C=O) groups excluding carboxylic acids is 1. The zero-order valence-electron chi connectivity index (χ0n) is 18.9. The van der Waals surface area contributed by atoms with Gasteiger partial charge in [0.2, 0.25) is 0 Å². The fourth-order valence-electron chi connectivity index (χ4n) is 2.98. The van der Waals surface area contributed by atoms with E-state index in [0.29, 0.717) is 17.5 Å². The largest absolute Gasteiger partial charge is 0.573 e. The van der Waals surface area contributed by atoms with Gasteiger partial charge >= 0.3 is 12.3 Å². The van der Waals surface area contributed by atoms with Crippen LogP contribution in [0, 0.1) is 5.41 Å². The number of aromatic carboxylic acids is 1. The Labute approximate surface area is 208 Å². The molecule has 1 amide bonds. The molecule has 0 fully saturated rings. The highest BCUT2D eigenvalue weighted by atomic mass is 32.2. The van der Waals surface area contributed by atoms with E-state index in [0.717, 1.165) is 18.2 Å². The molecule has 0 saturated heterocycles. The summed E-state index contributed by atoms with van der Waals surface area (Å²) in [5, 5.41) is 19.6. The van der Waals surface area contributed by atoms with Crippen molar-refractivity contribution in [2.24, 2.45) is 5.73 Å². The zero-order valence-corrected chi connectivity index (χ0v) is 19.7. The second-order valence-corrected chi connectivity index (χ2v) is 8.75. The lowest BCUT2D eigenvalue weighted by atomic mass is 9.94. The second kappa shape index (κ2) is 11.5. The van der Waals surface area contributed by atoms with Gasteiger partial charge in [-0.25, -0.2) is 4.79 Å². The minimum absolute atomic E-state index is 0.0460. The molecule has 0 bridgehead atoms. The van der Waals surface area contributed by atoms with Gasteiger partial charge in [0.15, 0.2) is 0 Å². The third-order valence-electron chi connectivity index (χ3n) is 4.37. The standard InChI is InChI=1S/C22H16F3N3O4.CH4O3S/c23-22(24,25)32-14-9-10-16(18(11-14)21(30)31)15-3-1-2-4-17(15)20(29)28-13-7-5-12(6-8-13)19(26)27;1-5(2,3)4/h1-11H,(H3,26,27)(H,28,29)(H,30,31);1H3,(H,2,3,4). The molecule has 3 rings (SSSR count). The van der Waals surface area contributed by atoms with Gasteiger partial charge in [-0.05, 0) is 59.7 Å². The van der Waals surface area contributed by atoms with Gasteiger partial charge in [0, 0.05) is 16.8 Å². The highest BCUT2D eigenvalue weighted by Gasteiger charge is 2.31. The van der Waals surface area contributed by atoms with Gasteiger partial charge in [0.1, 0.15) is 11.6 Å². The van der Waals surface area contributed by atoms with Crippen molar-refractivity contribution in [3.8, 4) is 16.9 Å². The van der Waals surface area contributed by atoms with Gasteiger partial charge in [-0.3, -0.25) is 14.8 Å². The summed E-state index contributed by atoms with van der Waals surface area (Å²) in [5.41, 5.74) is 6.17. The Morgan fingerprint density at radius 3 is 2.03 bits per heavy atom. The summed E-state index contributed by atoms with van der Waals surface area (Å²) in [6.07, 6.45) is -4.26. The number of alkyl halides is 3. The summed E-state index contributed by atoms with van der Waals surface area (Å²) in [4.78, 5) is 24.6. The Morgan fingerprint density at radius 1 is 0.973 bits per heavy atom. The number of nitrogens with two attached hydrogens (primary N) is 1. The summed E-state index contributed by atoms with van der Waals surface area (Å²) < 4.78 is 67.2. The van der Waals surface area contributed by atoms with Gasteiger partial charge in [-0.15, -0.1) is 13.2 Å². The SMILES string of the molecule is CS(=O)(=O)O.N=C(N)c1ccc(NC(=O)c2ccccc2-c2ccc(OC(F)(F)F)cc2C(=O)O)cc1. The lowest BCUT2D eigenvalue weighted by molar-refractivity contribution is -0.274. The van der Waals surface area contributed by atoms with Crippen LogP contribution < -0.4 is 15.8 Å². The van der Waals surface area contributed by atoms with Crippen LogP contribution >= 0.6 is 0 Å². The number of hydrogen-bond acceptors (Lipinski definition) is 6. The first-order valence-corrected chi connectivity index (χ1v) is 11.8. The van der Waals surface area contributed by atoms with Crippen molar-refractivity contribution < 1.29 is 45.6 Å². The lowest BCUT2D eigenvalue weighted by Gasteiger charge is -2.15. The highest BCUT2D eigenvalue weighted by molar-refractivity contribution is 7.85. The molecule has 0 unspecified atom stereocenters. The summed E-state index contributed by atoms with van der Waals surface area (Å²) in [5.74, 6) is -2.87. The first-order valence-electron chi connectivity index (χ1n) is 9.96. The molecule has 0 saturated carbocycles. The maximum Gasteiger partial charge on any atom is 0.573 e. The number of amidine groups is 1. The van der Waals surface area contributed by atoms with Crippen LogP contribution in [0.5, 0.6) is 5.75 Å². The number of amides is 1. The average molecular weight is 539 g/mol. The molecule has 196 valence electrons. The van der Waals surface area contributed by atoms with E-state index in [1.165, 1.54) is 12.1 Å². The molecule has 0 radical (unpaired) electrons. The smallest absolute Gasteiger partial charge is 0.478 e. The van der Waals surface area contributed by atoms with Crippen molar-refractivity contribution in [2.45, 2.75) is 6.36 Å². The van der Waals surface area contributed by atoms with Crippen LogP contribution in [0.3, 0.4) is 0 Å². The maximum atomic E-state index is 12.9. The van der Waals surface area contributed by atoms with Crippen molar-refractivity contribution in [3.63, 3.8) is 0 Å². The summed E-state index contributed by atoms with van der Waals surface area (Å²) >= 11 is 0. The van der Waals surface area contributed by atoms with E-state index >= 15 is 0 Å². The van der Waals surface area contributed by atoms with Crippen LogP contribution in [-0.2, 0) is 10.1 Å². The number of carboxylic acid groups (broad SMARTS) is 1. The molecule has 37 heavy (non-hydrogen) atoms. The third-order valence-corrected chi connectivity index (χ3v) is 4.37. The maximum absolute atomic E-state index is 12.9. The number of carboxylic acids is 1. The molecule has 10 nitrogen and oxygen atoms in total. The molecular formula is C23H20F3N3O7S. The van der Waals surface area contributed by atoms with E-state index in [1.807, 2.05) is 0 Å². The van der Waals surface area contributed by atoms with Crippen LogP contribution in [-0.4, -0.2) is 48.4 Å². The number of nitrogens with one attached hydrogen (secondary N) is 2. The third kappa shape index (κ3) is 9.27. The average Bonchev–Trinajstić information content (AvgIpc) is 2.77. The Bertz CT molecular complexity index is 1420. The van der Waals surface area contributed by atoms with Gasteiger partial charge in [-0.2, -0.15) is 8.42 Å². The highest BCUT2D eigenvalue weighted by Crippen LogP contribution is 2.32. The summed E-state index contributed by atoms with van der Waals surface area (Å²) in [6, 6.07) is 15.1. The summed E-state index contributed by atoms with van der Waals surface area (Å²) in [7, 11) is -3.67. The first-order chi connectivity index (χ1) is 17.0. The number of benzene rings is 3. The van der Waals surface area contributed by atoms with Crippen LogP contribution in [0.15, 0.2) is 66.7 Å². The molecule has 0 aliphatic heterocycles. The molecule has 0 aromatic heterocycles. The number of rotatable bonds is 6. The number of hydrogen-bond donors (Lipinski definition) is 5. The predicted octanol–water partition coefficient (Wildman–Crippen LogP) is 3.99. The van der Waals surface area contributed by atoms with E-state index in [1.54, 1.807) is 36.4 Å². The fourth-order valence-corrected chi connectivity index (χ4v) is 2.98. The predicted molar refractivity (Wildman–Crippen MR) is 128 cm³/mol. The summed E-state index contributed by atoms with van der Waals surface area (Å²) in [6.45, 7) is 0. The quantitative estimate of drug-likeness (QED) is 0.177.